The molecule has 0 spiro atoms. The van der Waals surface area contributed by atoms with Crippen molar-refractivity contribution in [1.82, 2.24) is 5.32 Å². The predicted octanol–water partition coefficient (Wildman–Crippen LogP) is 15.0. The Bertz CT molecular complexity index is 1450. The van der Waals surface area contributed by atoms with Crippen molar-refractivity contribution in [1.29, 1.82) is 0 Å². The van der Waals surface area contributed by atoms with Crippen LogP contribution in [0.3, 0.4) is 0 Å². The quantitative estimate of drug-likeness (QED) is 0.0195. The van der Waals surface area contributed by atoms with E-state index in [1.54, 1.807) is 6.08 Å². The summed E-state index contributed by atoms with van der Waals surface area (Å²) in [7, 11) is 0. The lowest BCUT2D eigenvalue weighted by atomic mass is 9.99. The molecule has 0 aromatic rings. The number of unbranched alkanes of at least 4 members (excludes halogenated alkanes) is 32. The first-order valence-electron chi connectivity index (χ1n) is 31.6. The highest BCUT2D eigenvalue weighted by Crippen LogP contribution is 2.23. The number of amides is 1. The fraction of sp³-hybridized carbons (Fsp3) is 0.815. The number of rotatable bonds is 54. The molecule has 0 radical (unpaired) electrons. The average Bonchev–Trinajstić information content (AvgIpc) is 3.42. The van der Waals surface area contributed by atoms with Crippen molar-refractivity contribution in [2.75, 3.05) is 19.8 Å². The molecular weight excluding hydrogens is 955 g/mol. The Morgan fingerprint density at radius 3 is 1.38 bits per heavy atom. The predicted molar refractivity (Wildman–Crippen MR) is 315 cm³/mol. The maximum atomic E-state index is 13.0. The highest BCUT2D eigenvalue weighted by Gasteiger charge is 2.44. The van der Waals surface area contributed by atoms with Gasteiger partial charge in [0, 0.05) is 12.8 Å². The van der Waals surface area contributed by atoms with Crippen LogP contribution in [-0.2, 0) is 23.8 Å². The zero-order valence-corrected chi connectivity index (χ0v) is 48.7. The maximum absolute atomic E-state index is 13.0. The van der Waals surface area contributed by atoms with Crippen LogP contribution >= 0.6 is 0 Å². The third kappa shape index (κ3) is 43.3. The molecule has 0 aliphatic carbocycles. The highest BCUT2D eigenvalue weighted by molar-refractivity contribution is 5.76. The lowest BCUT2D eigenvalue weighted by Crippen LogP contribution is -2.60. The molecule has 0 saturated carbocycles. The van der Waals surface area contributed by atoms with Crippen LogP contribution < -0.4 is 5.32 Å². The van der Waals surface area contributed by atoms with Crippen LogP contribution in [0.1, 0.15) is 277 Å². The number of allylic oxidation sites excluding steroid dienone is 9. The minimum absolute atomic E-state index is 0.0128. The topological polar surface area (TPSA) is 175 Å². The van der Waals surface area contributed by atoms with E-state index in [9.17, 15) is 35.1 Å². The number of aliphatic hydroxyl groups is 5. The average molecular weight is 1070 g/mol. The molecule has 11 heteroatoms. The first kappa shape index (κ1) is 71.4. The van der Waals surface area contributed by atoms with E-state index in [0.717, 1.165) is 83.5 Å². The molecule has 76 heavy (non-hydrogen) atoms. The van der Waals surface area contributed by atoms with Gasteiger partial charge in [0.15, 0.2) is 6.29 Å². The molecule has 6 N–H and O–H groups in total. The molecule has 1 amide bonds. The van der Waals surface area contributed by atoms with Gasteiger partial charge in [-0.25, -0.2) is 0 Å². The summed E-state index contributed by atoms with van der Waals surface area (Å²) in [5, 5.41) is 54.2. The number of nitrogens with one attached hydrogen (secondary N) is 1. The van der Waals surface area contributed by atoms with Gasteiger partial charge in [0.1, 0.15) is 24.4 Å². The van der Waals surface area contributed by atoms with Gasteiger partial charge in [-0.3, -0.25) is 9.59 Å². The molecule has 1 heterocycles. The molecule has 1 fully saturated rings. The number of hydrogen-bond acceptors (Lipinski definition) is 10. The first-order valence-corrected chi connectivity index (χ1v) is 31.6. The van der Waals surface area contributed by atoms with Crippen LogP contribution in [0.5, 0.6) is 0 Å². The van der Waals surface area contributed by atoms with Gasteiger partial charge in [0.25, 0.3) is 0 Å². The number of carbonyl (C=O) groups is 2. The van der Waals surface area contributed by atoms with E-state index >= 15 is 0 Å². The zero-order chi connectivity index (χ0) is 55.2. The smallest absolute Gasteiger partial charge is 0.305 e. The lowest BCUT2D eigenvalue weighted by Gasteiger charge is -2.40. The summed E-state index contributed by atoms with van der Waals surface area (Å²) in [5.74, 6) is -0.217. The Morgan fingerprint density at radius 1 is 0.487 bits per heavy atom. The van der Waals surface area contributed by atoms with Crippen molar-refractivity contribution in [3.63, 3.8) is 0 Å². The van der Waals surface area contributed by atoms with E-state index in [2.05, 4.69) is 67.8 Å². The van der Waals surface area contributed by atoms with Crippen molar-refractivity contribution < 1.29 is 49.3 Å². The van der Waals surface area contributed by atoms with Crippen molar-refractivity contribution in [3.05, 3.63) is 60.8 Å². The van der Waals surface area contributed by atoms with Crippen molar-refractivity contribution in [2.24, 2.45) is 0 Å². The Balaban J connectivity index is 1.99. The summed E-state index contributed by atoms with van der Waals surface area (Å²) in [5.41, 5.74) is 0. The summed E-state index contributed by atoms with van der Waals surface area (Å²) >= 11 is 0. The normalized spacial score (nSPS) is 19.1. The van der Waals surface area contributed by atoms with Crippen LogP contribution in [0.4, 0.5) is 0 Å². The van der Waals surface area contributed by atoms with Gasteiger partial charge in [0.2, 0.25) is 5.91 Å². The third-order valence-corrected chi connectivity index (χ3v) is 14.6. The van der Waals surface area contributed by atoms with E-state index < -0.39 is 49.5 Å². The molecular formula is C65H117NO10. The SMILES string of the molecule is CCCCC/C=C\C/C=C\CCCCCCCCCCCC(=O)OCCCCCCCCCCC/C=C\CCCCCCCCCC(=O)NC(COC1OC(CO)C(O)C(O)C1O)C(O)/C=C/CC/C=C/CCCCC. The van der Waals surface area contributed by atoms with Crippen LogP contribution in [0.15, 0.2) is 60.8 Å². The highest BCUT2D eigenvalue weighted by atomic mass is 16.7. The van der Waals surface area contributed by atoms with Crippen molar-refractivity contribution >= 4 is 11.9 Å². The molecule has 0 aromatic heterocycles. The van der Waals surface area contributed by atoms with Gasteiger partial charge in [-0.15, -0.1) is 0 Å². The summed E-state index contributed by atoms with van der Waals surface area (Å²) < 4.78 is 16.7. The number of esters is 1. The van der Waals surface area contributed by atoms with E-state index in [1.807, 2.05) is 6.08 Å². The largest absolute Gasteiger partial charge is 0.466 e. The minimum atomic E-state index is -1.58. The van der Waals surface area contributed by atoms with Gasteiger partial charge >= 0.3 is 5.97 Å². The fourth-order valence-corrected chi connectivity index (χ4v) is 9.53. The summed E-state index contributed by atoms with van der Waals surface area (Å²) in [6, 6.07) is -0.834. The van der Waals surface area contributed by atoms with E-state index in [-0.39, 0.29) is 18.5 Å². The Labute approximate surface area is 465 Å². The van der Waals surface area contributed by atoms with Gasteiger partial charge < -0.3 is 45.1 Å². The standard InChI is InChI=1S/C65H117NO10/c1-3-5-7-9-11-13-14-15-16-17-20-24-27-30-33-37-41-45-49-53-61(70)74-54-50-46-42-38-34-31-28-25-22-19-18-21-23-26-29-32-36-40-44-48-52-60(69)66-57(58(68)51-47-43-39-35-12-10-8-6-4-2)56-75-65-64(73)63(72)62(71)59(55-67)76-65/h11-13,15-16,18,21,35,47,51,57-59,62-65,67-68,71-73H,3-10,14,17,19-20,22-34,36-46,48-50,52-56H2,1-2H3,(H,66,69)/b13-11-,16-15-,21-18-,35-12+,51-47+. The van der Waals surface area contributed by atoms with Crippen molar-refractivity contribution in [2.45, 2.75) is 320 Å². The maximum Gasteiger partial charge on any atom is 0.305 e. The fourth-order valence-electron chi connectivity index (χ4n) is 9.53. The van der Waals surface area contributed by atoms with Gasteiger partial charge in [0.05, 0.1) is 32.0 Å². The molecule has 1 rings (SSSR count). The molecule has 1 saturated heterocycles. The summed E-state index contributed by atoms with van der Waals surface area (Å²) in [6.07, 6.45) is 60.5. The Morgan fingerprint density at radius 2 is 0.895 bits per heavy atom. The minimum Gasteiger partial charge on any atom is -0.466 e. The molecule has 0 bridgehead atoms. The number of carbonyl (C=O) groups excluding carboxylic acids is 2. The van der Waals surface area contributed by atoms with E-state index in [1.165, 1.54) is 167 Å². The number of ether oxygens (including phenoxy) is 3. The van der Waals surface area contributed by atoms with E-state index in [4.69, 9.17) is 14.2 Å². The Kier molecular flexibility index (Phi) is 51.0. The second-order valence-electron chi connectivity index (χ2n) is 21.7. The number of hydrogen-bond donors (Lipinski definition) is 6. The van der Waals surface area contributed by atoms with Crippen molar-refractivity contribution in [3.8, 4) is 0 Å². The van der Waals surface area contributed by atoms with Crippen LogP contribution in [0, 0.1) is 0 Å². The Hall–Kier alpha value is -2.64. The summed E-state index contributed by atoms with van der Waals surface area (Å²) in [6.45, 7) is 4.23. The summed E-state index contributed by atoms with van der Waals surface area (Å²) in [4.78, 5) is 25.1. The first-order chi connectivity index (χ1) is 37.2. The monoisotopic (exact) mass is 1070 g/mol. The van der Waals surface area contributed by atoms with Crippen LogP contribution in [0.25, 0.3) is 0 Å². The zero-order valence-electron chi connectivity index (χ0n) is 48.7. The van der Waals surface area contributed by atoms with Crippen LogP contribution in [0.2, 0.25) is 0 Å². The second-order valence-corrected chi connectivity index (χ2v) is 21.7. The molecule has 7 atom stereocenters. The molecule has 1 aliphatic rings. The molecule has 442 valence electrons. The second kappa shape index (κ2) is 54.3. The molecule has 7 unspecified atom stereocenters. The molecule has 1 aliphatic heterocycles. The van der Waals surface area contributed by atoms with E-state index in [0.29, 0.717) is 19.4 Å². The third-order valence-electron chi connectivity index (χ3n) is 14.6. The molecule has 0 aromatic carbocycles. The number of aliphatic hydroxyl groups excluding tert-OH is 5. The van der Waals surface area contributed by atoms with Gasteiger partial charge in [-0.1, -0.05) is 222 Å². The van der Waals surface area contributed by atoms with Crippen LogP contribution in [-0.4, -0.2) is 100 Å². The van der Waals surface area contributed by atoms with Gasteiger partial charge in [-0.2, -0.15) is 0 Å². The lowest BCUT2D eigenvalue weighted by molar-refractivity contribution is -0.302. The van der Waals surface area contributed by atoms with Gasteiger partial charge in [-0.05, 0) is 103 Å². The molecule has 11 nitrogen and oxygen atoms in total.